The summed E-state index contributed by atoms with van der Waals surface area (Å²) in [6.45, 7) is 3.79. The lowest BCUT2D eigenvalue weighted by Crippen LogP contribution is -2.44. The van der Waals surface area contributed by atoms with E-state index in [1.165, 1.54) is 10.2 Å². The normalized spacial score (nSPS) is 17.3. The number of nitrogens with one attached hydrogen (secondary N) is 1. The molecule has 158 valence electrons. The molecular weight excluding hydrogens is 416 g/mol. The molecule has 9 nitrogen and oxygen atoms in total. The van der Waals surface area contributed by atoms with E-state index in [1.807, 2.05) is 13.0 Å². The molecule has 1 aliphatic rings. The highest BCUT2D eigenvalue weighted by Gasteiger charge is 2.26. The summed E-state index contributed by atoms with van der Waals surface area (Å²) in [5.41, 5.74) is 2.24. The second-order valence-corrected chi connectivity index (χ2v) is 9.53. The largest absolute Gasteiger partial charge is 0.377 e. The average Bonchev–Trinajstić information content (AvgIpc) is 3.39. The number of nitrogens with zero attached hydrogens (tertiary/aromatic N) is 5. The lowest BCUT2D eigenvalue weighted by molar-refractivity contribution is 0.0987. The van der Waals surface area contributed by atoms with Crippen molar-refractivity contribution in [2.75, 3.05) is 30.9 Å². The van der Waals surface area contributed by atoms with E-state index in [4.69, 9.17) is 9.72 Å². The maximum Gasteiger partial charge on any atom is 0.237 e. The summed E-state index contributed by atoms with van der Waals surface area (Å²) in [6, 6.07) is 9.36. The first kappa shape index (κ1) is 19.5. The van der Waals surface area contributed by atoms with E-state index in [0.717, 1.165) is 17.2 Å². The Bertz CT molecular complexity index is 1460. The van der Waals surface area contributed by atoms with Crippen LogP contribution in [0.25, 0.3) is 33.3 Å². The number of morpholine rings is 1. The van der Waals surface area contributed by atoms with Crippen molar-refractivity contribution < 1.29 is 13.2 Å². The minimum Gasteiger partial charge on any atom is -0.377 e. The van der Waals surface area contributed by atoms with Gasteiger partial charge in [0.05, 0.1) is 42.5 Å². The van der Waals surface area contributed by atoms with Gasteiger partial charge in [0.2, 0.25) is 10.0 Å². The molecule has 0 amide bonds. The van der Waals surface area contributed by atoms with Gasteiger partial charge in [-0.1, -0.05) is 0 Å². The third-order valence-corrected chi connectivity index (χ3v) is 6.54. The van der Waals surface area contributed by atoms with Crippen molar-refractivity contribution in [3.8, 4) is 17.5 Å². The Hall–Kier alpha value is -3.42. The van der Waals surface area contributed by atoms with E-state index in [2.05, 4.69) is 20.9 Å². The summed E-state index contributed by atoms with van der Waals surface area (Å²) in [7, 11) is -3.57. The maximum atomic E-state index is 12.4. The second kappa shape index (κ2) is 7.08. The number of rotatable bonds is 3. The van der Waals surface area contributed by atoms with E-state index < -0.39 is 10.0 Å². The topological polar surface area (TPSA) is 117 Å². The molecule has 0 saturated carbocycles. The lowest BCUT2D eigenvalue weighted by Gasteiger charge is -2.34. The Morgan fingerprint density at radius 1 is 1.26 bits per heavy atom. The minimum atomic E-state index is -3.57. The molecule has 1 saturated heterocycles. The third kappa shape index (κ3) is 3.22. The van der Waals surface area contributed by atoms with Gasteiger partial charge in [0.15, 0.2) is 11.5 Å². The zero-order chi connectivity index (χ0) is 21.8. The molecule has 0 spiro atoms. The van der Waals surface area contributed by atoms with Gasteiger partial charge < -0.3 is 14.6 Å². The van der Waals surface area contributed by atoms with E-state index in [0.29, 0.717) is 53.6 Å². The van der Waals surface area contributed by atoms with Crippen molar-refractivity contribution in [1.82, 2.24) is 18.9 Å². The van der Waals surface area contributed by atoms with Gasteiger partial charge in [-0.15, -0.1) is 0 Å². The molecule has 1 aromatic carbocycles. The summed E-state index contributed by atoms with van der Waals surface area (Å²) >= 11 is 0. The average molecular weight is 436 g/mol. The molecule has 0 aliphatic carbocycles. The number of H-pyrrole nitrogens is 1. The van der Waals surface area contributed by atoms with E-state index in [1.54, 1.807) is 24.4 Å². The quantitative estimate of drug-likeness (QED) is 0.524. The molecule has 1 atom stereocenters. The standard InChI is InChI=1S/C21H20N6O3S/c1-13-12-30-8-7-26(13)20-16-4-6-27(31(2,28)29)21(16)25-19(24-20)17-9-14(11-22)10-18-15(17)3-5-23-18/h3-6,9-10,13,23H,7-8,12H2,1-2H3. The Kier molecular flexibility index (Phi) is 4.46. The van der Waals surface area contributed by atoms with Crippen molar-refractivity contribution in [1.29, 1.82) is 5.26 Å². The Labute approximate surface area is 178 Å². The summed E-state index contributed by atoms with van der Waals surface area (Å²) < 4.78 is 31.5. The van der Waals surface area contributed by atoms with Crippen LogP contribution in [0, 0.1) is 11.3 Å². The predicted molar refractivity (Wildman–Crippen MR) is 117 cm³/mol. The third-order valence-electron chi connectivity index (χ3n) is 5.53. The van der Waals surface area contributed by atoms with E-state index in [9.17, 15) is 13.7 Å². The first-order chi connectivity index (χ1) is 14.9. The molecule has 0 bridgehead atoms. The van der Waals surface area contributed by atoms with Crippen molar-refractivity contribution in [2.45, 2.75) is 13.0 Å². The Morgan fingerprint density at radius 3 is 2.84 bits per heavy atom. The van der Waals surface area contributed by atoms with Gasteiger partial charge in [0.1, 0.15) is 5.82 Å². The van der Waals surface area contributed by atoms with Gasteiger partial charge in [-0.05, 0) is 31.2 Å². The van der Waals surface area contributed by atoms with Crippen LogP contribution in [0.1, 0.15) is 12.5 Å². The number of hydrogen-bond donors (Lipinski definition) is 1. The van der Waals surface area contributed by atoms with Crippen LogP contribution in [0.2, 0.25) is 0 Å². The summed E-state index contributed by atoms with van der Waals surface area (Å²) in [4.78, 5) is 14.8. The smallest absolute Gasteiger partial charge is 0.237 e. The first-order valence-corrected chi connectivity index (χ1v) is 11.7. The molecule has 1 N–H and O–H groups in total. The Morgan fingerprint density at radius 2 is 2.10 bits per heavy atom. The van der Waals surface area contributed by atoms with Crippen LogP contribution < -0.4 is 4.90 Å². The van der Waals surface area contributed by atoms with Crippen LogP contribution in [-0.2, 0) is 14.8 Å². The number of aromatic amines is 1. The molecule has 1 aliphatic heterocycles. The summed E-state index contributed by atoms with van der Waals surface area (Å²) in [5, 5.41) is 11.0. The summed E-state index contributed by atoms with van der Waals surface area (Å²) in [5.74, 6) is 1.02. The highest BCUT2D eigenvalue weighted by molar-refractivity contribution is 7.89. The molecule has 5 rings (SSSR count). The van der Waals surface area contributed by atoms with Gasteiger partial charge in [0.25, 0.3) is 0 Å². The molecule has 4 heterocycles. The predicted octanol–water partition coefficient (Wildman–Crippen LogP) is 2.48. The fourth-order valence-corrected chi connectivity index (χ4v) is 4.78. The van der Waals surface area contributed by atoms with E-state index in [-0.39, 0.29) is 6.04 Å². The van der Waals surface area contributed by atoms with Crippen molar-refractivity contribution in [2.24, 2.45) is 0 Å². The molecule has 3 aromatic heterocycles. The maximum absolute atomic E-state index is 12.4. The van der Waals surface area contributed by atoms with Gasteiger partial charge in [-0.2, -0.15) is 5.26 Å². The molecule has 31 heavy (non-hydrogen) atoms. The number of aromatic nitrogens is 4. The van der Waals surface area contributed by atoms with Crippen LogP contribution in [0.3, 0.4) is 0 Å². The minimum absolute atomic E-state index is 0.0685. The molecular formula is C21H20N6O3S. The first-order valence-electron chi connectivity index (χ1n) is 9.82. The van der Waals surface area contributed by atoms with Crippen LogP contribution in [0.15, 0.2) is 36.7 Å². The summed E-state index contributed by atoms with van der Waals surface area (Å²) in [6.07, 6.45) is 4.44. The van der Waals surface area contributed by atoms with Crippen LogP contribution >= 0.6 is 0 Å². The van der Waals surface area contributed by atoms with E-state index >= 15 is 0 Å². The van der Waals surface area contributed by atoms with Gasteiger partial charge in [-0.25, -0.2) is 22.4 Å². The SMILES string of the molecule is CC1COCCN1c1nc(-c2cc(C#N)cc3[nH]ccc23)nc2c1ccn2S(C)(=O)=O. The number of ether oxygens (including phenoxy) is 1. The molecule has 4 aromatic rings. The number of anilines is 1. The number of fused-ring (bicyclic) bond motifs is 2. The van der Waals surface area contributed by atoms with Crippen molar-refractivity contribution >= 4 is 37.8 Å². The van der Waals surface area contributed by atoms with Crippen LogP contribution in [0.5, 0.6) is 0 Å². The van der Waals surface area contributed by atoms with Crippen LogP contribution in [0.4, 0.5) is 5.82 Å². The lowest BCUT2D eigenvalue weighted by atomic mass is 10.1. The number of nitriles is 1. The van der Waals surface area contributed by atoms with Crippen molar-refractivity contribution in [3.05, 3.63) is 42.2 Å². The molecule has 0 radical (unpaired) electrons. The van der Waals surface area contributed by atoms with Crippen molar-refractivity contribution in [3.63, 3.8) is 0 Å². The molecule has 10 heteroatoms. The zero-order valence-corrected chi connectivity index (χ0v) is 17.8. The fourth-order valence-electron chi connectivity index (χ4n) is 4.04. The van der Waals surface area contributed by atoms with Gasteiger partial charge in [-0.3, -0.25) is 0 Å². The van der Waals surface area contributed by atoms with Gasteiger partial charge in [0, 0.05) is 35.4 Å². The number of benzene rings is 1. The highest BCUT2D eigenvalue weighted by Crippen LogP contribution is 2.34. The highest BCUT2D eigenvalue weighted by atomic mass is 32.2. The Balaban J connectivity index is 1.84. The number of hydrogen-bond acceptors (Lipinski definition) is 7. The zero-order valence-electron chi connectivity index (χ0n) is 17.0. The fraction of sp³-hybridized carbons (Fsp3) is 0.286. The van der Waals surface area contributed by atoms with Gasteiger partial charge >= 0.3 is 0 Å². The second-order valence-electron chi connectivity index (χ2n) is 7.67. The monoisotopic (exact) mass is 436 g/mol. The molecule has 1 unspecified atom stereocenters. The molecule has 1 fully saturated rings. The van der Waals surface area contributed by atoms with Crippen LogP contribution in [-0.4, -0.2) is 59.4 Å².